The third-order valence-corrected chi connectivity index (χ3v) is 5.58. The van der Waals surface area contributed by atoms with Crippen LogP contribution < -0.4 is 20.3 Å². The number of nitrogens with zero attached hydrogens (tertiary/aromatic N) is 2. The molecule has 0 unspecified atom stereocenters. The number of benzene rings is 2. The van der Waals surface area contributed by atoms with Crippen LogP contribution in [0.4, 0.5) is 21.3 Å². The molecule has 0 fully saturated rings. The van der Waals surface area contributed by atoms with Crippen LogP contribution in [0.3, 0.4) is 0 Å². The lowest BCUT2D eigenvalue weighted by molar-refractivity contribution is 0.0635. The van der Waals surface area contributed by atoms with Gasteiger partial charge in [0.15, 0.2) is 5.13 Å². The number of aromatic nitrogens is 1. The summed E-state index contributed by atoms with van der Waals surface area (Å²) in [5.74, 6) is 0.524. The first-order valence-corrected chi connectivity index (χ1v) is 12.1. The number of carbonyl (C=O) groups is 2. The maximum atomic E-state index is 12.8. The van der Waals surface area contributed by atoms with Gasteiger partial charge in [0.1, 0.15) is 11.4 Å². The quantitative estimate of drug-likeness (QED) is 0.413. The second-order valence-electron chi connectivity index (χ2n) is 9.26. The molecule has 0 aliphatic rings. The molecule has 0 aliphatic carbocycles. The van der Waals surface area contributed by atoms with Gasteiger partial charge < -0.3 is 19.7 Å². The Labute approximate surface area is 210 Å². The predicted molar refractivity (Wildman–Crippen MR) is 141 cm³/mol. The Balaban J connectivity index is 1.49. The SMILES string of the molecule is Cc1ccc(C(=O)Nc2ccc(OCCc3csc(NC(=O)OC(C)(C)C)n3)cc2)c(N(C)C)c1. The van der Waals surface area contributed by atoms with Gasteiger partial charge >= 0.3 is 6.09 Å². The van der Waals surface area contributed by atoms with E-state index in [-0.39, 0.29) is 5.91 Å². The Bertz CT molecular complexity index is 1170. The third-order valence-electron chi connectivity index (χ3n) is 4.78. The van der Waals surface area contributed by atoms with Crippen LogP contribution in [0.15, 0.2) is 47.8 Å². The summed E-state index contributed by atoms with van der Waals surface area (Å²) in [5.41, 5.74) is 3.52. The van der Waals surface area contributed by atoms with Gasteiger partial charge in [0.05, 0.1) is 17.9 Å². The van der Waals surface area contributed by atoms with E-state index in [0.29, 0.717) is 35.2 Å². The molecule has 0 radical (unpaired) electrons. The summed E-state index contributed by atoms with van der Waals surface area (Å²) in [5, 5.41) is 7.94. The zero-order valence-corrected chi connectivity index (χ0v) is 21.8. The molecule has 0 bridgehead atoms. The molecule has 2 aromatic carbocycles. The fourth-order valence-corrected chi connectivity index (χ4v) is 3.91. The molecule has 0 saturated heterocycles. The summed E-state index contributed by atoms with van der Waals surface area (Å²) in [4.78, 5) is 31.0. The van der Waals surface area contributed by atoms with Crippen molar-refractivity contribution in [2.24, 2.45) is 0 Å². The summed E-state index contributed by atoms with van der Waals surface area (Å²) in [6, 6.07) is 13.0. The van der Waals surface area contributed by atoms with Crippen LogP contribution in [0.2, 0.25) is 0 Å². The zero-order chi connectivity index (χ0) is 25.6. The Morgan fingerprint density at radius 1 is 1.06 bits per heavy atom. The molecule has 0 atom stereocenters. The van der Waals surface area contributed by atoms with Crippen molar-refractivity contribution in [2.75, 3.05) is 36.2 Å². The fourth-order valence-electron chi connectivity index (χ4n) is 3.18. The fraction of sp³-hybridized carbons (Fsp3) is 0.346. The van der Waals surface area contributed by atoms with Crippen molar-refractivity contribution >= 4 is 39.8 Å². The van der Waals surface area contributed by atoms with E-state index in [0.717, 1.165) is 16.9 Å². The molecule has 3 aromatic rings. The highest BCUT2D eigenvalue weighted by Gasteiger charge is 2.17. The van der Waals surface area contributed by atoms with Gasteiger partial charge in [0.2, 0.25) is 0 Å². The number of rotatable bonds is 8. The predicted octanol–water partition coefficient (Wildman–Crippen LogP) is 5.74. The van der Waals surface area contributed by atoms with Crippen molar-refractivity contribution in [1.82, 2.24) is 4.98 Å². The Morgan fingerprint density at radius 3 is 2.43 bits per heavy atom. The number of hydrogen-bond donors (Lipinski definition) is 2. The van der Waals surface area contributed by atoms with Crippen LogP contribution >= 0.6 is 11.3 Å². The largest absolute Gasteiger partial charge is 0.493 e. The van der Waals surface area contributed by atoms with Gasteiger partial charge in [-0.2, -0.15) is 0 Å². The Kier molecular flexibility index (Phi) is 8.34. The van der Waals surface area contributed by atoms with E-state index in [1.165, 1.54) is 11.3 Å². The highest BCUT2D eigenvalue weighted by atomic mass is 32.1. The molecule has 0 spiro atoms. The maximum absolute atomic E-state index is 12.8. The molecule has 9 heteroatoms. The van der Waals surface area contributed by atoms with Crippen LogP contribution in [0.5, 0.6) is 5.75 Å². The lowest BCUT2D eigenvalue weighted by atomic mass is 10.1. The van der Waals surface area contributed by atoms with Crippen LogP contribution in [-0.2, 0) is 11.2 Å². The molecule has 2 N–H and O–H groups in total. The summed E-state index contributed by atoms with van der Waals surface area (Å²) in [6.07, 6.45) is 0.0632. The Hall–Kier alpha value is -3.59. The molecule has 1 heterocycles. The van der Waals surface area contributed by atoms with Crippen LogP contribution in [0.1, 0.15) is 42.4 Å². The number of ether oxygens (including phenoxy) is 2. The van der Waals surface area contributed by atoms with Crippen LogP contribution in [0.25, 0.3) is 0 Å². The van der Waals surface area contributed by atoms with Crippen molar-refractivity contribution in [2.45, 2.75) is 39.7 Å². The molecule has 2 amide bonds. The second kappa shape index (κ2) is 11.2. The van der Waals surface area contributed by atoms with Gasteiger partial charge in [-0.3, -0.25) is 10.1 Å². The average molecular weight is 497 g/mol. The average Bonchev–Trinajstić information content (AvgIpc) is 3.20. The topological polar surface area (TPSA) is 92.8 Å². The lowest BCUT2D eigenvalue weighted by Gasteiger charge is -2.18. The molecular formula is C26H32N4O4S. The minimum atomic E-state index is -0.563. The van der Waals surface area contributed by atoms with Gasteiger partial charge in [-0.1, -0.05) is 6.07 Å². The third kappa shape index (κ3) is 7.99. The normalized spacial score (nSPS) is 11.0. The van der Waals surface area contributed by atoms with E-state index < -0.39 is 11.7 Å². The lowest BCUT2D eigenvalue weighted by Crippen LogP contribution is -2.27. The summed E-state index contributed by atoms with van der Waals surface area (Å²) < 4.78 is 11.0. The van der Waals surface area contributed by atoms with Gasteiger partial charge in [-0.25, -0.2) is 9.78 Å². The van der Waals surface area contributed by atoms with Crippen molar-refractivity contribution in [3.63, 3.8) is 0 Å². The first kappa shape index (κ1) is 26.0. The van der Waals surface area contributed by atoms with Crippen molar-refractivity contribution in [3.05, 3.63) is 64.7 Å². The second-order valence-corrected chi connectivity index (χ2v) is 10.1. The molecule has 0 saturated carbocycles. The first-order valence-electron chi connectivity index (χ1n) is 11.3. The van der Waals surface area contributed by atoms with Gasteiger partial charge in [0.25, 0.3) is 5.91 Å². The molecule has 8 nitrogen and oxygen atoms in total. The first-order chi connectivity index (χ1) is 16.5. The van der Waals surface area contributed by atoms with E-state index in [2.05, 4.69) is 15.6 Å². The van der Waals surface area contributed by atoms with Gasteiger partial charge in [0, 0.05) is 37.3 Å². The van der Waals surface area contributed by atoms with E-state index >= 15 is 0 Å². The van der Waals surface area contributed by atoms with E-state index in [1.807, 2.05) is 94.5 Å². The minimum Gasteiger partial charge on any atom is -0.493 e. The van der Waals surface area contributed by atoms with Crippen molar-refractivity contribution in [3.8, 4) is 5.75 Å². The maximum Gasteiger partial charge on any atom is 0.413 e. The standard InChI is InChI=1S/C26H32N4O4S/c1-17-7-12-21(22(15-17)30(5)6)23(31)27-18-8-10-20(11-9-18)33-14-13-19-16-35-24(28-19)29-25(32)34-26(2,3)4/h7-12,15-16H,13-14H2,1-6H3,(H,27,31)(H,28,29,32). The summed E-state index contributed by atoms with van der Waals surface area (Å²) in [6.45, 7) is 7.85. The molecule has 186 valence electrons. The van der Waals surface area contributed by atoms with Gasteiger partial charge in [-0.15, -0.1) is 11.3 Å². The zero-order valence-electron chi connectivity index (χ0n) is 21.0. The van der Waals surface area contributed by atoms with Gasteiger partial charge in [-0.05, 0) is 69.7 Å². The van der Waals surface area contributed by atoms with Crippen molar-refractivity contribution < 1.29 is 19.1 Å². The smallest absolute Gasteiger partial charge is 0.413 e. The highest BCUT2D eigenvalue weighted by Crippen LogP contribution is 2.23. The van der Waals surface area contributed by atoms with Crippen LogP contribution in [0, 0.1) is 6.92 Å². The molecule has 3 rings (SSSR count). The highest BCUT2D eigenvalue weighted by molar-refractivity contribution is 7.13. The molecular weight excluding hydrogens is 464 g/mol. The number of carbonyl (C=O) groups excluding carboxylic acids is 2. The van der Waals surface area contributed by atoms with Crippen molar-refractivity contribution in [1.29, 1.82) is 0 Å². The number of aryl methyl sites for hydroxylation is 1. The molecule has 1 aromatic heterocycles. The molecule has 0 aliphatic heterocycles. The summed E-state index contributed by atoms with van der Waals surface area (Å²) >= 11 is 1.34. The Morgan fingerprint density at radius 2 is 1.77 bits per heavy atom. The van der Waals surface area contributed by atoms with Crippen LogP contribution in [-0.4, -0.2) is 43.3 Å². The number of anilines is 3. The van der Waals surface area contributed by atoms with E-state index in [4.69, 9.17) is 9.47 Å². The number of amides is 2. The van der Waals surface area contributed by atoms with E-state index in [9.17, 15) is 9.59 Å². The molecule has 35 heavy (non-hydrogen) atoms. The monoisotopic (exact) mass is 496 g/mol. The minimum absolute atomic E-state index is 0.165. The number of nitrogens with one attached hydrogen (secondary N) is 2. The number of hydrogen-bond acceptors (Lipinski definition) is 7. The number of thiazole rings is 1. The summed E-state index contributed by atoms with van der Waals surface area (Å²) in [7, 11) is 3.84. The van der Waals surface area contributed by atoms with E-state index in [1.54, 1.807) is 0 Å².